The Morgan fingerprint density at radius 3 is 2.08 bits per heavy atom. The average Bonchev–Trinajstić information content (AvgIpc) is 2.90. The third-order valence-corrected chi connectivity index (χ3v) is 5.70. The number of hydrogen-bond acceptors (Lipinski definition) is 1. The number of benzene rings is 2. The highest BCUT2D eigenvalue weighted by Crippen LogP contribution is 2.39. The van der Waals surface area contributed by atoms with E-state index in [1.165, 1.54) is 50.2 Å². The van der Waals surface area contributed by atoms with E-state index in [1.54, 1.807) is 0 Å². The molecule has 0 amide bonds. The summed E-state index contributed by atoms with van der Waals surface area (Å²) < 4.78 is 0. The molecular formula is C25H31N. The highest BCUT2D eigenvalue weighted by Gasteiger charge is 2.27. The summed E-state index contributed by atoms with van der Waals surface area (Å²) in [6.07, 6.45) is 3.38. The Hall–Kier alpha value is -2.28. The van der Waals surface area contributed by atoms with Crippen molar-refractivity contribution < 1.29 is 0 Å². The van der Waals surface area contributed by atoms with Crippen LogP contribution in [0.5, 0.6) is 0 Å². The van der Waals surface area contributed by atoms with Crippen LogP contribution in [0.2, 0.25) is 0 Å². The van der Waals surface area contributed by atoms with Crippen molar-refractivity contribution in [3.63, 3.8) is 0 Å². The van der Waals surface area contributed by atoms with Gasteiger partial charge >= 0.3 is 0 Å². The number of rotatable bonds is 4. The van der Waals surface area contributed by atoms with Gasteiger partial charge in [0.1, 0.15) is 0 Å². The second kappa shape index (κ2) is 6.79. The van der Waals surface area contributed by atoms with Gasteiger partial charge in [-0.15, -0.1) is 0 Å². The molecule has 136 valence electrons. The van der Waals surface area contributed by atoms with Gasteiger partial charge in [0, 0.05) is 5.69 Å². The predicted octanol–water partition coefficient (Wildman–Crippen LogP) is 7.08. The van der Waals surface area contributed by atoms with Gasteiger partial charge in [0.15, 0.2) is 0 Å². The maximum absolute atomic E-state index is 3.85. The van der Waals surface area contributed by atoms with Gasteiger partial charge in [-0.3, -0.25) is 0 Å². The van der Waals surface area contributed by atoms with Gasteiger partial charge in [-0.05, 0) is 88.3 Å². The standard InChI is InChI=1S/C25H31N/c1-16-14-18(3)24(19(4)15-16)26-25(6,7)23-11-9-8-10-22(23)21-13-12-17(2)20(21)5/h8-12,14-15,26H,13H2,1-7H3. The summed E-state index contributed by atoms with van der Waals surface area (Å²) in [4.78, 5) is 0. The van der Waals surface area contributed by atoms with Crippen LogP contribution in [0.15, 0.2) is 53.6 Å². The first-order valence-electron chi connectivity index (χ1n) is 9.53. The van der Waals surface area contributed by atoms with E-state index in [0.717, 1.165) is 6.42 Å². The third-order valence-electron chi connectivity index (χ3n) is 5.70. The maximum Gasteiger partial charge on any atom is 0.0575 e. The molecule has 1 aliphatic rings. The zero-order valence-corrected chi connectivity index (χ0v) is 17.2. The minimum absolute atomic E-state index is 0.162. The van der Waals surface area contributed by atoms with Crippen LogP contribution < -0.4 is 5.32 Å². The molecule has 0 unspecified atom stereocenters. The molecule has 0 aromatic heterocycles. The lowest BCUT2D eigenvalue weighted by atomic mass is 9.85. The lowest BCUT2D eigenvalue weighted by Gasteiger charge is -2.32. The number of allylic oxidation sites excluding steroid dienone is 4. The molecule has 0 radical (unpaired) electrons. The second-order valence-electron chi connectivity index (χ2n) is 8.26. The van der Waals surface area contributed by atoms with E-state index in [0.29, 0.717) is 0 Å². The molecular weight excluding hydrogens is 314 g/mol. The molecule has 1 aliphatic carbocycles. The zero-order valence-electron chi connectivity index (χ0n) is 17.2. The minimum Gasteiger partial charge on any atom is -0.376 e. The van der Waals surface area contributed by atoms with Crippen molar-refractivity contribution in [2.75, 3.05) is 5.32 Å². The van der Waals surface area contributed by atoms with Gasteiger partial charge in [0.25, 0.3) is 0 Å². The lowest BCUT2D eigenvalue weighted by molar-refractivity contribution is 0.606. The molecule has 26 heavy (non-hydrogen) atoms. The van der Waals surface area contributed by atoms with Crippen molar-refractivity contribution in [2.24, 2.45) is 0 Å². The molecule has 0 bridgehead atoms. The van der Waals surface area contributed by atoms with Crippen molar-refractivity contribution in [1.82, 2.24) is 0 Å². The zero-order chi connectivity index (χ0) is 19.1. The SMILES string of the molecule is CC1=CCC(c2ccccc2C(C)(C)Nc2c(C)cc(C)cc2C)=C1C. The maximum atomic E-state index is 3.85. The molecule has 1 heteroatoms. The van der Waals surface area contributed by atoms with Crippen LogP contribution in [0.4, 0.5) is 5.69 Å². The lowest BCUT2D eigenvalue weighted by Crippen LogP contribution is -2.30. The van der Waals surface area contributed by atoms with Crippen LogP contribution in [0.3, 0.4) is 0 Å². The number of aryl methyl sites for hydroxylation is 3. The normalized spacial score (nSPS) is 14.7. The quantitative estimate of drug-likeness (QED) is 0.624. The Morgan fingerprint density at radius 1 is 0.885 bits per heavy atom. The number of nitrogens with one attached hydrogen (secondary N) is 1. The summed E-state index contributed by atoms with van der Waals surface area (Å²) in [6, 6.07) is 13.4. The van der Waals surface area contributed by atoms with Crippen molar-refractivity contribution >= 4 is 11.3 Å². The largest absolute Gasteiger partial charge is 0.376 e. The summed E-state index contributed by atoms with van der Waals surface area (Å²) >= 11 is 0. The van der Waals surface area contributed by atoms with Crippen LogP contribution in [0.25, 0.3) is 5.57 Å². The van der Waals surface area contributed by atoms with Gasteiger partial charge in [0.2, 0.25) is 0 Å². The van der Waals surface area contributed by atoms with Gasteiger partial charge < -0.3 is 5.32 Å². The van der Waals surface area contributed by atoms with Crippen molar-refractivity contribution in [2.45, 2.75) is 60.4 Å². The Balaban J connectivity index is 2.05. The summed E-state index contributed by atoms with van der Waals surface area (Å²) in [5.74, 6) is 0. The van der Waals surface area contributed by atoms with Crippen molar-refractivity contribution in [3.05, 3.63) is 81.4 Å². The fraction of sp³-hybridized carbons (Fsp3) is 0.360. The molecule has 0 heterocycles. The van der Waals surface area contributed by atoms with E-state index in [1.807, 2.05) is 0 Å². The fourth-order valence-electron chi connectivity index (χ4n) is 4.16. The molecule has 2 aromatic rings. The molecule has 0 fully saturated rings. The number of anilines is 1. The Kier molecular flexibility index (Phi) is 4.84. The van der Waals surface area contributed by atoms with E-state index >= 15 is 0 Å². The molecule has 0 spiro atoms. The monoisotopic (exact) mass is 345 g/mol. The molecule has 2 aromatic carbocycles. The van der Waals surface area contributed by atoms with Crippen LogP contribution in [0, 0.1) is 20.8 Å². The van der Waals surface area contributed by atoms with E-state index in [2.05, 4.69) is 96.3 Å². The molecule has 3 rings (SSSR count). The summed E-state index contributed by atoms with van der Waals surface area (Å²) in [5, 5.41) is 3.85. The van der Waals surface area contributed by atoms with Crippen molar-refractivity contribution in [3.8, 4) is 0 Å². The minimum atomic E-state index is -0.162. The highest BCUT2D eigenvalue weighted by molar-refractivity contribution is 5.79. The molecule has 0 saturated carbocycles. The van der Waals surface area contributed by atoms with Gasteiger partial charge in [-0.25, -0.2) is 0 Å². The van der Waals surface area contributed by atoms with E-state index < -0.39 is 0 Å². The van der Waals surface area contributed by atoms with Gasteiger partial charge in [-0.1, -0.05) is 53.6 Å². The predicted molar refractivity (Wildman–Crippen MR) is 115 cm³/mol. The fourth-order valence-corrected chi connectivity index (χ4v) is 4.16. The Bertz CT molecular complexity index is 886. The van der Waals surface area contributed by atoms with Crippen LogP contribution in [-0.2, 0) is 5.54 Å². The summed E-state index contributed by atoms with van der Waals surface area (Å²) in [7, 11) is 0. The first kappa shape index (κ1) is 18.5. The van der Waals surface area contributed by atoms with Crippen LogP contribution in [0.1, 0.15) is 61.9 Å². The van der Waals surface area contributed by atoms with Crippen LogP contribution in [-0.4, -0.2) is 0 Å². The second-order valence-corrected chi connectivity index (χ2v) is 8.26. The third kappa shape index (κ3) is 3.35. The highest BCUT2D eigenvalue weighted by atomic mass is 15.0. The van der Waals surface area contributed by atoms with Crippen LogP contribution >= 0.6 is 0 Å². The van der Waals surface area contributed by atoms with E-state index in [-0.39, 0.29) is 5.54 Å². The smallest absolute Gasteiger partial charge is 0.0575 e. The first-order chi connectivity index (χ1) is 12.2. The van der Waals surface area contributed by atoms with Crippen molar-refractivity contribution in [1.29, 1.82) is 0 Å². The molecule has 1 N–H and O–H groups in total. The molecule has 0 atom stereocenters. The molecule has 0 aliphatic heterocycles. The molecule has 1 nitrogen and oxygen atoms in total. The average molecular weight is 346 g/mol. The Morgan fingerprint density at radius 2 is 1.50 bits per heavy atom. The topological polar surface area (TPSA) is 12.0 Å². The van der Waals surface area contributed by atoms with Gasteiger partial charge in [-0.2, -0.15) is 0 Å². The van der Waals surface area contributed by atoms with E-state index in [9.17, 15) is 0 Å². The Labute approximate surface area is 158 Å². The molecule has 0 saturated heterocycles. The van der Waals surface area contributed by atoms with E-state index in [4.69, 9.17) is 0 Å². The summed E-state index contributed by atoms with van der Waals surface area (Å²) in [5.41, 5.74) is 12.1. The van der Waals surface area contributed by atoms with Gasteiger partial charge in [0.05, 0.1) is 5.54 Å². The number of hydrogen-bond donors (Lipinski definition) is 1. The first-order valence-corrected chi connectivity index (χ1v) is 9.53. The summed E-state index contributed by atoms with van der Waals surface area (Å²) in [6.45, 7) is 15.6.